The average molecular weight is 418 g/mol. The number of anilines is 1. The third-order valence-corrected chi connectivity index (χ3v) is 5.06. The minimum atomic E-state index is -1.01. The average Bonchev–Trinajstić information content (AvgIpc) is 2.68. The van der Waals surface area contributed by atoms with Gasteiger partial charge in [-0.2, -0.15) is 0 Å². The Morgan fingerprint density at radius 3 is 2.38 bits per heavy atom. The molecule has 0 fully saturated rings. The standard InChI is InChI=1S/C20H22N2O6S/c1-12-5-10-18(27-4)17(11-12)21-19(23)13(2)28-20(24)14(3)29-16-8-6-15(7-9-16)22(25)26/h5-11,13-14H,1-4H3,(H,21,23)/t13-,14+/m0/s1. The first-order valence-electron chi connectivity index (χ1n) is 8.78. The van der Waals surface area contributed by atoms with Crippen LogP contribution < -0.4 is 10.1 Å². The molecule has 9 heteroatoms. The first-order valence-corrected chi connectivity index (χ1v) is 9.66. The van der Waals surface area contributed by atoms with E-state index in [0.717, 1.165) is 5.56 Å². The van der Waals surface area contributed by atoms with Crippen LogP contribution in [0.15, 0.2) is 47.4 Å². The number of rotatable bonds is 8. The molecule has 0 aliphatic carbocycles. The van der Waals surface area contributed by atoms with E-state index in [1.165, 1.54) is 37.9 Å². The highest BCUT2D eigenvalue weighted by Gasteiger charge is 2.23. The van der Waals surface area contributed by atoms with Crippen LogP contribution in [0.25, 0.3) is 0 Å². The molecule has 0 spiro atoms. The molecule has 2 aromatic rings. The SMILES string of the molecule is COc1ccc(C)cc1NC(=O)[C@H](C)OC(=O)[C@@H](C)Sc1ccc([N+](=O)[O-])cc1. The summed E-state index contributed by atoms with van der Waals surface area (Å²) in [6.45, 7) is 5.01. The molecule has 8 nitrogen and oxygen atoms in total. The number of nitro benzene ring substituents is 1. The number of esters is 1. The summed E-state index contributed by atoms with van der Waals surface area (Å²) in [6.07, 6.45) is -1.01. The summed E-state index contributed by atoms with van der Waals surface area (Å²) in [5.41, 5.74) is 1.41. The second kappa shape index (κ2) is 9.92. The predicted molar refractivity (Wildman–Crippen MR) is 110 cm³/mol. The van der Waals surface area contributed by atoms with Crippen molar-refractivity contribution >= 4 is 35.0 Å². The highest BCUT2D eigenvalue weighted by atomic mass is 32.2. The molecule has 0 heterocycles. The Hall–Kier alpha value is -3.07. The molecule has 2 atom stereocenters. The fourth-order valence-electron chi connectivity index (χ4n) is 2.38. The Morgan fingerprint density at radius 2 is 1.79 bits per heavy atom. The van der Waals surface area contributed by atoms with Crippen molar-refractivity contribution in [1.82, 2.24) is 0 Å². The number of non-ortho nitro benzene ring substituents is 1. The van der Waals surface area contributed by atoms with Gasteiger partial charge < -0.3 is 14.8 Å². The van der Waals surface area contributed by atoms with Crippen molar-refractivity contribution in [2.75, 3.05) is 12.4 Å². The molecule has 0 saturated heterocycles. The van der Waals surface area contributed by atoms with Gasteiger partial charge >= 0.3 is 5.97 Å². The lowest BCUT2D eigenvalue weighted by molar-refractivity contribution is -0.384. The van der Waals surface area contributed by atoms with Crippen LogP contribution in [0.3, 0.4) is 0 Å². The van der Waals surface area contributed by atoms with Crippen LogP contribution in [0.5, 0.6) is 5.75 Å². The lowest BCUT2D eigenvalue weighted by atomic mass is 10.2. The summed E-state index contributed by atoms with van der Waals surface area (Å²) >= 11 is 1.19. The zero-order chi connectivity index (χ0) is 21.6. The van der Waals surface area contributed by atoms with Gasteiger partial charge in [-0.15, -0.1) is 11.8 Å². The number of nitrogens with one attached hydrogen (secondary N) is 1. The van der Waals surface area contributed by atoms with Crippen molar-refractivity contribution in [2.24, 2.45) is 0 Å². The van der Waals surface area contributed by atoms with Crippen LogP contribution in [-0.2, 0) is 14.3 Å². The molecule has 1 N–H and O–H groups in total. The summed E-state index contributed by atoms with van der Waals surface area (Å²) in [7, 11) is 1.50. The Labute approximate surface area is 172 Å². The number of aryl methyl sites for hydroxylation is 1. The number of thioether (sulfide) groups is 1. The largest absolute Gasteiger partial charge is 0.495 e. The van der Waals surface area contributed by atoms with Crippen molar-refractivity contribution < 1.29 is 24.0 Å². The van der Waals surface area contributed by atoms with E-state index >= 15 is 0 Å². The number of hydrogen-bond acceptors (Lipinski definition) is 7. The third kappa shape index (κ3) is 6.21. The van der Waals surface area contributed by atoms with E-state index < -0.39 is 28.2 Å². The van der Waals surface area contributed by atoms with Gasteiger partial charge in [0.25, 0.3) is 11.6 Å². The molecule has 1 amide bonds. The third-order valence-electron chi connectivity index (χ3n) is 3.97. The number of ether oxygens (including phenoxy) is 2. The molecule has 0 saturated carbocycles. The molecule has 0 aliphatic rings. The fourth-order valence-corrected chi connectivity index (χ4v) is 3.23. The van der Waals surface area contributed by atoms with Crippen LogP contribution in [0.1, 0.15) is 19.4 Å². The highest BCUT2D eigenvalue weighted by molar-refractivity contribution is 8.00. The van der Waals surface area contributed by atoms with Gasteiger partial charge in [0, 0.05) is 17.0 Å². The summed E-state index contributed by atoms with van der Waals surface area (Å²) in [6, 6.07) is 11.2. The lowest BCUT2D eigenvalue weighted by Gasteiger charge is -2.17. The summed E-state index contributed by atoms with van der Waals surface area (Å²) in [4.78, 5) is 35.6. The van der Waals surface area contributed by atoms with Crippen LogP contribution in [0.2, 0.25) is 0 Å². The number of methoxy groups -OCH3 is 1. The van der Waals surface area contributed by atoms with E-state index in [4.69, 9.17) is 9.47 Å². The van der Waals surface area contributed by atoms with E-state index in [2.05, 4.69) is 5.32 Å². The van der Waals surface area contributed by atoms with Gasteiger partial charge in [-0.3, -0.25) is 19.7 Å². The molecule has 0 aliphatic heterocycles. The maximum Gasteiger partial charge on any atom is 0.319 e. The number of nitro groups is 1. The van der Waals surface area contributed by atoms with Gasteiger partial charge in [0.2, 0.25) is 0 Å². The lowest BCUT2D eigenvalue weighted by Crippen LogP contribution is -2.32. The summed E-state index contributed by atoms with van der Waals surface area (Å²) in [5.74, 6) is -0.536. The predicted octanol–water partition coefficient (Wildman–Crippen LogP) is 3.96. The zero-order valence-corrected chi connectivity index (χ0v) is 17.3. The molecule has 2 aromatic carbocycles. The Bertz CT molecular complexity index is 900. The van der Waals surface area contributed by atoms with Gasteiger partial charge in [-0.05, 0) is 50.6 Å². The molecular formula is C20H22N2O6S. The van der Waals surface area contributed by atoms with Gasteiger partial charge in [0.1, 0.15) is 11.0 Å². The normalized spacial score (nSPS) is 12.6. The second-order valence-electron chi connectivity index (χ2n) is 6.28. The number of carbonyl (C=O) groups is 2. The highest BCUT2D eigenvalue weighted by Crippen LogP contribution is 2.27. The quantitative estimate of drug-likeness (QED) is 0.299. The second-order valence-corrected chi connectivity index (χ2v) is 7.70. The summed E-state index contributed by atoms with van der Waals surface area (Å²) in [5, 5.41) is 12.8. The van der Waals surface area contributed by atoms with E-state index in [0.29, 0.717) is 16.3 Å². The van der Waals surface area contributed by atoms with Gasteiger partial charge in [-0.1, -0.05) is 6.07 Å². The van der Waals surface area contributed by atoms with Gasteiger partial charge in [-0.25, -0.2) is 0 Å². The molecule has 0 bridgehead atoms. The monoisotopic (exact) mass is 418 g/mol. The van der Waals surface area contributed by atoms with Gasteiger partial charge in [0.15, 0.2) is 6.10 Å². The summed E-state index contributed by atoms with van der Waals surface area (Å²) < 4.78 is 10.5. The molecule has 0 radical (unpaired) electrons. The molecular weight excluding hydrogens is 396 g/mol. The molecule has 154 valence electrons. The molecule has 29 heavy (non-hydrogen) atoms. The maximum absolute atomic E-state index is 12.4. The first-order chi connectivity index (χ1) is 13.7. The van der Waals surface area contributed by atoms with Crippen LogP contribution >= 0.6 is 11.8 Å². The van der Waals surface area contributed by atoms with E-state index in [9.17, 15) is 19.7 Å². The van der Waals surface area contributed by atoms with Crippen molar-refractivity contribution in [3.63, 3.8) is 0 Å². The molecule has 2 rings (SSSR count). The first kappa shape index (κ1) is 22.2. The van der Waals surface area contributed by atoms with E-state index in [1.807, 2.05) is 13.0 Å². The number of benzene rings is 2. The van der Waals surface area contributed by atoms with E-state index in [1.54, 1.807) is 31.2 Å². The number of nitrogens with zero attached hydrogens (tertiary/aromatic N) is 1. The van der Waals surface area contributed by atoms with Crippen LogP contribution in [0.4, 0.5) is 11.4 Å². The number of hydrogen-bond donors (Lipinski definition) is 1. The minimum absolute atomic E-state index is 0.0264. The smallest absolute Gasteiger partial charge is 0.319 e. The molecule has 0 aromatic heterocycles. The van der Waals surface area contributed by atoms with Crippen molar-refractivity contribution in [2.45, 2.75) is 37.0 Å². The number of amides is 1. The van der Waals surface area contributed by atoms with Gasteiger partial charge in [0.05, 0.1) is 17.7 Å². The zero-order valence-electron chi connectivity index (χ0n) is 16.5. The van der Waals surface area contributed by atoms with Crippen molar-refractivity contribution in [1.29, 1.82) is 0 Å². The molecule has 0 unspecified atom stereocenters. The number of carbonyl (C=O) groups excluding carboxylic acids is 2. The van der Waals surface area contributed by atoms with E-state index in [-0.39, 0.29) is 5.69 Å². The Kier molecular flexibility index (Phi) is 7.60. The Balaban J connectivity index is 1.94. The topological polar surface area (TPSA) is 108 Å². The maximum atomic E-state index is 12.4. The van der Waals surface area contributed by atoms with Crippen molar-refractivity contribution in [3.05, 3.63) is 58.1 Å². The Morgan fingerprint density at radius 1 is 1.14 bits per heavy atom. The minimum Gasteiger partial charge on any atom is -0.495 e. The van der Waals surface area contributed by atoms with Crippen LogP contribution in [-0.4, -0.2) is 35.3 Å². The fraction of sp³-hybridized carbons (Fsp3) is 0.300. The van der Waals surface area contributed by atoms with Crippen LogP contribution in [0, 0.1) is 17.0 Å². The van der Waals surface area contributed by atoms with Crippen molar-refractivity contribution in [3.8, 4) is 5.75 Å².